The van der Waals surface area contributed by atoms with Gasteiger partial charge in [0.05, 0.1) is 6.16 Å². The molecule has 0 bridgehead atoms. The van der Waals surface area contributed by atoms with Gasteiger partial charge in [-0.25, -0.2) is 0 Å². The molecule has 18 heavy (non-hydrogen) atoms. The van der Waals surface area contributed by atoms with Crippen molar-refractivity contribution in [2.24, 2.45) is 0 Å². The summed E-state index contributed by atoms with van der Waals surface area (Å²) in [6.07, 6.45) is -1.75. The molecular weight excluding hydrogens is 247 g/mol. The van der Waals surface area contributed by atoms with Crippen molar-refractivity contribution in [1.82, 2.24) is 0 Å². The Labute approximate surface area is 106 Å². The first-order valence-electron chi connectivity index (χ1n) is 5.69. The molecule has 94 valence electrons. The highest BCUT2D eigenvalue weighted by Gasteiger charge is 2.29. The average Bonchev–Trinajstić information content (AvgIpc) is 2.40. The lowest BCUT2D eigenvalue weighted by atomic mass is 10.4. The lowest BCUT2D eigenvalue weighted by Gasteiger charge is -2.20. The van der Waals surface area contributed by atoms with Gasteiger partial charge in [0, 0.05) is 10.6 Å². The van der Waals surface area contributed by atoms with Crippen LogP contribution < -0.4 is 10.6 Å². The molecule has 0 unspecified atom stereocenters. The van der Waals surface area contributed by atoms with Gasteiger partial charge in [0.25, 0.3) is 0 Å². The largest absolute Gasteiger partial charge is 0.368 e. The first kappa shape index (κ1) is 13.0. The van der Waals surface area contributed by atoms with Gasteiger partial charge < -0.3 is 14.8 Å². The first-order chi connectivity index (χ1) is 8.63. The zero-order valence-corrected chi connectivity index (χ0v) is 10.7. The number of rotatable bonds is 4. The summed E-state index contributed by atoms with van der Waals surface area (Å²) in [4.78, 5) is 0. The van der Waals surface area contributed by atoms with Crippen molar-refractivity contribution in [3.8, 4) is 0 Å². The van der Waals surface area contributed by atoms with Crippen molar-refractivity contribution < 1.29 is 14.8 Å². The van der Waals surface area contributed by atoms with Crippen LogP contribution in [0.4, 0.5) is 0 Å². The maximum Gasteiger partial charge on any atom is 0.158 e. The zero-order valence-electron chi connectivity index (χ0n) is 9.81. The van der Waals surface area contributed by atoms with Gasteiger partial charge in [-0.1, -0.05) is 60.7 Å². The van der Waals surface area contributed by atoms with Crippen LogP contribution in [0.15, 0.2) is 60.7 Å². The minimum atomic E-state index is -2.98. The SMILES string of the molecule is O=P(CC(O)O)(c1ccccc1)c1ccccc1. The van der Waals surface area contributed by atoms with Crippen LogP contribution in [0.3, 0.4) is 0 Å². The molecule has 0 radical (unpaired) electrons. The standard InChI is InChI=1S/C14H15O3P/c15-14(16)11-18(17,12-7-3-1-4-8-12)13-9-5-2-6-10-13/h1-10,14-16H,11H2. The molecule has 0 aliphatic heterocycles. The van der Waals surface area contributed by atoms with E-state index in [1.54, 1.807) is 48.5 Å². The van der Waals surface area contributed by atoms with E-state index in [1.165, 1.54) is 0 Å². The molecule has 4 heteroatoms. The number of aliphatic hydroxyl groups is 2. The highest BCUT2D eigenvalue weighted by atomic mass is 31.2. The topological polar surface area (TPSA) is 57.5 Å². The predicted octanol–water partition coefficient (Wildman–Crippen LogP) is 1.31. The Morgan fingerprint density at radius 2 is 1.22 bits per heavy atom. The fraction of sp³-hybridized carbons (Fsp3) is 0.143. The fourth-order valence-corrected chi connectivity index (χ4v) is 4.41. The monoisotopic (exact) mass is 262 g/mol. The molecule has 0 saturated carbocycles. The van der Waals surface area contributed by atoms with Crippen molar-refractivity contribution in [2.75, 3.05) is 6.16 Å². The molecule has 0 aromatic heterocycles. The van der Waals surface area contributed by atoms with Crippen LogP contribution in [0.1, 0.15) is 0 Å². The van der Waals surface area contributed by atoms with E-state index in [2.05, 4.69) is 0 Å². The van der Waals surface area contributed by atoms with Gasteiger partial charge in [0.2, 0.25) is 0 Å². The molecule has 2 aromatic carbocycles. The Morgan fingerprint density at radius 1 is 0.833 bits per heavy atom. The molecular formula is C14H15O3P. The number of aliphatic hydroxyl groups excluding tert-OH is 1. The fourth-order valence-electron chi connectivity index (χ4n) is 1.93. The third kappa shape index (κ3) is 2.70. The maximum absolute atomic E-state index is 13.1. The maximum atomic E-state index is 13.1. The normalized spacial score (nSPS) is 11.7. The van der Waals surface area contributed by atoms with Crippen LogP contribution in [0.5, 0.6) is 0 Å². The van der Waals surface area contributed by atoms with Crippen LogP contribution in [0.25, 0.3) is 0 Å². The van der Waals surface area contributed by atoms with Crippen LogP contribution >= 0.6 is 7.14 Å². The van der Waals surface area contributed by atoms with E-state index < -0.39 is 13.4 Å². The smallest absolute Gasteiger partial charge is 0.158 e. The molecule has 0 aliphatic rings. The zero-order chi connectivity index (χ0) is 13.0. The summed E-state index contributed by atoms with van der Waals surface area (Å²) in [6.45, 7) is 0. The quantitative estimate of drug-likeness (QED) is 0.645. The first-order valence-corrected chi connectivity index (χ1v) is 7.58. The molecule has 0 heterocycles. The summed E-state index contributed by atoms with van der Waals surface area (Å²) < 4.78 is 13.1. The van der Waals surface area contributed by atoms with Crippen molar-refractivity contribution in [3.63, 3.8) is 0 Å². The van der Waals surface area contributed by atoms with Gasteiger partial charge >= 0.3 is 0 Å². The summed E-state index contributed by atoms with van der Waals surface area (Å²) in [7, 11) is -2.98. The Kier molecular flexibility index (Phi) is 3.97. The molecule has 0 amide bonds. The summed E-state index contributed by atoms with van der Waals surface area (Å²) in [6, 6.07) is 17.9. The van der Waals surface area contributed by atoms with E-state index in [0.717, 1.165) is 0 Å². The molecule has 2 rings (SSSR count). The molecule has 2 aromatic rings. The predicted molar refractivity (Wildman–Crippen MR) is 72.9 cm³/mol. The van der Waals surface area contributed by atoms with Gasteiger partial charge in [-0.15, -0.1) is 0 Å². The summed E-state index contributed by atoms with van der Waals surface area (Å²) in [5, 5.41) is 19.7. The van der Waals surface area contributed by atoms with Gasteiger partial charge in [-0.2, -0.15) is 0 Å². The van der Waals surface area contributed by atoms with Crippen LogP contribution in [0.2, 0.25) is 0 Å². The highest BCUT2D eigenvalue weighted by Crippen LogP contribution is 2.43. The average molecular weight is 262 g/mol. The van der Waals surface area contributed by atoms with Gasteiger partial charge in [-0.05, 0) is 0 Å². The molecule has 0 fully saturated rings. The minimum Gasteiger partial charge on any atom is -0.368 e. The van der Waals surface area contributed by atoms with Crippen LogP contribution in [-0.4, -0.2) is 22.7 Å². The lowest BCUT2D eigenvalue weighted by Crippen LogP contribution is -2.24. The second-order valence-corrected chi connectivity index (χ2v) is 6.95. The third-order valence-corrected chi connectivity index (χ3v) is 5.87. The number of hydrogen-bond acceptors (Lipinski definition) is 3. The number of hydrogen-bond donors (Lipinski definition) is 2. The van der Waals surface area contributed by atoms with E-state index in [0.29, 0.717) is 10.6 Å². The second kappa shape index (κ2) is 5.49. The van der Waals surface area contributed by atoms with Crippen molar-refractivity contribution in [3.05, 3.63) is 60.7 Å². The Morgan fingerprint density at radius 3 is 1.56 bits per heavy atom. The second-order valence-electron chi connectivity index (χ2n) is 4.07. The van der Waals surface area contributed by atoms with E-state index in [-0.39, 0.29) is 6.16 Å². The Balaban J connectivity index is 2.52. The van der Waals surface area contributed by atoms with E-state index in [4.69, 9.17) is 0 Å². The third-order valence-electron chi connectivity index (χ3n) is 2.77. The van der Waals surface area contributed by atoms with Gasteiger partial charge in [0.15, 0.2) is 6.29 Å². The van der Waals surface area contributed by atoms with Crippen molar-refractivity contribution in [1.29, 1.82) is 0 Å². The minimum absolute atomic E-state index is 0.166. The Bertz CT molecular complexity index is 494. The Hall–Kier alpha value is -1.41. The highest BCUT2D eigenvalue weighted by molar-refractivity contribution is 7.78. The molecule has 3 nitrogen and oxygen atoms in total. The molecule has 0 spiro atoms. The van der Waals surface area contributed by atoms with Gasteiger partial charge in [0.1, 0.15) is 7.14 Å². The van der Waals surface area contributed by atoms with E-state index >= 15 is 0 Å². The summed E-state index contributed by atoms with van der Waals surface area (Å²) in [5.41, 5.74) is 0. The van der Waals surface area contributed by atoms with Crippen LogP contribution in [0, 0.1) is 0 Å². The lowest BCUT2D eigenvalue weighted by molar-refractivity contribution is -0.0199. The van der Waals surface area contributed by atoms with Crippen LogP contribution in [-0.2, 0) is 4.57 Å². The molecule has 2 N–H and O–H groups in total. The van der Waals surface area contributed by atoms with Crippen molar-refractivity contribution >= 4 is 17.8 Å². The molecule has 0 saturated heterocycles. The summed E-state index contributed by atoms with van der Waals surface area (Å²) >= 11 is 0. The molecule has 0 atom stereocenters. The van der Waals surface area contributed by atoms with E-state index in [1.807, 2.05) is 12.1 Å². The van der Waals surface area contributed by atoms with E-state index in [9.17, 15) is 14.8 Å². The molecule has 0 aliphatic carbocycles. The number of benzene rings is 2. The van der Waals surface area contributed by atoms with Gasteiger partial charge in [-0.3, -0.25) is 0 Å². The van der Waals surface area contributed by atoms with Crippen molar-refractivity contribution in [2.45, 2.75) is 6.29 Å². The summed E-state index contributed by atoms with van der Waals surface area (Å²) in [5.74, 6) is 0.